The molecule has 0 atom stereocenters. The number of ether oxygens (including phenoxy) is 1. The Morgan fingerprint density at radius 1 is 1.12 bits per heavy atom. The number of carbonyl (C=O) groups is 3. The van der Waals surface area contributed by atoms with E-state index >= 15 is 0 Å². The first kappa shape index (κ1) is 18.4. The Bertz CT molecular complexity index is 760. The zero-order chi connectivity index (χ0) is 18.2. The third-order valence-electron chi connectivity index (χ3n) is 3.06. The molecule has 2 rings (SSSR count). The summed E-state index contributed by atoms with van der Waals surface area (Å²) in [5, 5.41) is 5.59. The summed E-state index contributed by atoms with van der Waals surface area (Å²) in [5.41, 5.74) is 1.15. The number of hydrogen-bond donors (Lipinski definition) is 2. The van der Waals surface area contributed by atoms with Crippen LogP contribution in [0.1, 0.15) is 22.8 Å². The predicted octanol–water partition coefficient (Wildman–Crippen LogP) is 2.17. The maximum Gasteiger partial charge on any atom is 0.338 e. The fourth-order valence-corrected chi connectivity index (χ4v) is 1.94. The lowest BCUT2D eigenvalue weighted by Crippen LogP contribution is -2.21. The summed E-state index contributed by atoms with van der Waals surface area (Å²) < 4.78 is 4.95. The molecule has 1 aromatic carbocycles. The zero-order valence-electron chi connectivity index (χ0n) is 13.4. The molecule has 2 aromatic rings. The lowest BCUT2D eigenvalue weighted by atomic mass is 10.1. The Hall–Kier alpha value is -2.93. The summed E-state index contributed by atoms with van der Waals surface area (Å²) in [6.07, 6.45) is 1.39. The van der Waals surface area contributed by atoms with Crippen LogP contribution in [0.25, 0.3) is 0 Å². The van der Waals surface area contributed by atoms with Crippen molar-refractivity contribution >= 4 is 35.2 Å². The molecule has 0 aliphatic heterocycles. The molecule has 0 unspecified atom stereocenters. The second-order valence-corrected chi connectivity index (χ2v) is 5.53. The summed E-state index contributed by atoms with van der Waals surface area (Å²) in [7, 11) is 0. The van der Waals surface area contributed by atoms with Crippen LogP contribution < -0.4 is 10.6 Å². The Morgan fingerprint density at radius 3 is 2.44 bits per heavy atom. The van der Waals surface area contributed by atoms with Gasteiger partial charge in [0.05, 0.1) is 10.6 Å². The number of halogens is 1. The molecule has 0 aliphatic carbocycles. The Morgan fingerprint density at radius 2 is 1.84 bits per heavy atom. The van der Waals surface area contributed by atoms with Crippen LogP contribution in [-0.2, 0) is 20.9 Å². The zero-order valence-corrected chi connectivity index (χ0v) is 14.2. The number of pyridine rings is 1. The maximum atomic E-state index is 11.9. The molecule has 1 heterocycles. The van der Waals surface area contributed by atoms with Crippen LogP contribution in [-0.4, -0.2) is 29.4 Å². The number of anilines is 1. The number of benzene rings is 1. The van der Waals surface area contributed by atoms with E-state index in [-0.39, 0.29) is 5.91 Å². The highest BCUT2D eigenvalue weighted by molar-refractivity contribution is 6.30. The van der Waals surface area contributed by atoms with Gasteiger partial charge in [-0.05, 0) is 29.8 Å². The van der Waals surface area contributed by atoms with E-state index in [4.69, 9.17) is 16.3 Å². The monoisotopic (exact) mass is 361 g/mol. The highest BCUT2D eigenvalue weighted by atomic mass is 35.5. The van der Waals surface area contributed by atoms with E-state index in [0.29, 0.717) is 22.9 Å². The van der Waals surface area contributed by atoms with Crippen LogP contribution in [0.4, 0.5) is 5.82 Å². The molecule has 0 bridgehead atoms. The van der Waals surface area contributed by atoms with Crippen molar-refractivity contribution in [3.63, 3.8) is 0 Å². The van der Waals surface area contributed by atoms with Crippen molar-refractivity contribution < 1.29 is 19.1 Å². The number of esters is 1. The van der Waals surface area contributed by atoms with Crippen molar-refractivity contribution in [1.82, 2.24) is 10.3 Å². The largest absolute Gasteiger partial charge is 0.452 e. The number of hydrogen-bond acceptors (Lipinski definition) is 5. The van der Waals surface area contributed by atoms with E-state index < -0.39 is 18.5 Å². The minimum Gasteiger partial charge on any atom is -0.452 e. The molecule has 130 valence electrons. The second kappa shape index (κ2) is 8.79. The molecule has 0 fully saturated rings. The van der Waals surface area contributed by atoms with Gasteiger partial charge < -0.3 is 15.4 Å². The van der Waals surface area contributed by atoms with Gasteiger partial charge in [0.25, 0.3) is 5.91 Å². The molecule has 1 aromatic heterocycles. The molecule has 0 saturated heterocycles. The van der Waals surface area contributed by atoms with Gasteiger partial charge in [-0.1, -0.05) is 23.7 Å². The number of rotatable bonds is 6. The van der Waals surface area contributed by atoms with Gasteiger partial charge in [-0.3, -0.25) is 9.59 Å². The molecule has 2 N–H and O–H groups in total. The van der Waals surface area contributed by atoms with Gasteiger partial charge in [0, 0.05) is 19.7 Å². The van der Waals surface area contributed by atoms with E-state index in [9.17, 15) is 14.4 Å². The maximum absolute atomic E-state index is 11.9. The molecule has 0 saturated carbocycles. The standard InChI is InChI=1S/C17H16ClN3O4/c1-11(22)19-8-12-2-4-13(5-3-12)17(24)25-10-16(23)21-15-7-6-14(18)9-20-15/h2-7,9H,8,10H2,1H3,(H,19,22)(H,20,21,23). The third-order valence-corrected chi connectivity index (χ3v) is 3.28. The van der Waals surface area contributed by atoms with E-state index in [1.165, 1.54) is 19.2 Å². The third kappa shape index (κ3) is 6.23. The normalized spacial score (nSPS) is 10.0. The van der Waals surface area contributed by atoms with Crippen molar-refractivity contribution in [2.24, 2.45) is 0 Å². The molecule has 0 spiro atoms. The van der Waals surface area contributed by atoms with Gasteiger partial charge in [0.2, 0.25) is 5.91 Å². The van der Waals surface area contributed by atoms with Crippen LogP contribution in [0.3, 0.4) is 0 Å². The van der Waals surface area contributed by atoms with Crippen molar-refractivity contribution in [1.29, 1.82) is 0 Å². The van der Waals surface area contributed by atoms with Gasteiger partial charge >= 0.3 is 5.97 Å². The molecule has 8 heteroatoms. The van der Waals surface area contributed by atoms with Crippen LogP contribution in [0.2, 0.25) is 5.02 Å². The number of amides is 2. The number of nitrogens with zero attached hydrogens (tertiary/aromatic N) is 1. The van der Waals surface area contributed by atoms with Crippen molar-refractivity contribution in [2.75, 3.05) is 11.9 Å². The van der Waals surface area contributed by atoms with Gasteiger partial charge in [-0.15, -0.1) is 0 Å². The lowest BCUT2D eigenvalue weighted by Gasteiger charge is -2.07. The fraction of sp³-hybridized carbons (Fsp3) is 0.176. The van der Waals surface area contributed by atoms with Crippen LogP contribution >= 0.6 is 11.6 Å². The van der Waals surface area contributed by atoms with E-state index in [2.05, 4.69) is 15.6 Å². The molecular weight excluding hydrogens is 346 g/mol. The first-order chi connectivity index (χ1) is 11.9. The smallest absolute Gasteiger partial charge is 0.338 e. The van der Waals surface area contributed by atoms with Gasteiger partial charge in [0.1, 0.15) is 5.82 Å². The Balaban J connectivity index is 1.81. The van der Waals surface area contributed by atoms with E-state index in [0.717, 1.165) is 5.56 Å². The average molecular weight is 362 g/mol. The molecule has 0 aliphatic rings. The second-order valence-electron chi connectivity index (χ2n) is 5.09. The van der Waals surface area contributed by atoms with Crippen LogP contribution in [0.5, 0.6) is 0 Å². The van der Waals surface area contributed by atoms with Crippen LogP contribution in [0.15, 0.2) is 42.6 Å². The SMILES string of the molecule is CC(=O)NCc1ccc(C(=O)OCC(=O)Nc2ccc(Cl)cn2)cc1. The Kier molecular flexibility index (Phi) is 6.47. The number of aromatic nitrogens is 1. The van der Waals surface area contributed by atoms with Crippen molar-refractivity contribution in [3.05, 3.63) is 58.7 Å². The summed E-state index contributed by atoms with van der Waals surface area (Å²) >= 11 is 5.70. The van der Waals surface area contributed by atoms with Gasteiger partial charge in [0.15, 0.2) is 6.61 Å². The number of nitrogens with one attached hydrogen (secondary N) is 2. The summed E-state index contributed by atoms with van der Waals surface area (Å²) in [4.78, 5) is 38.4. The van der Waals surface area contributed by atoms with Crippen molar-refractivity contribution in [3.8, 4) is 0 Å². The minimum absolute atomic E-state index is 0.135. The predicted molar refractivity (Wildman–Crippen MR) is 92.1 cm³/mol. The summed E-state index contributed by atoms with van der Waals surface area (Å²) in [6.45, 7) is 1.37. The molecular formula is C17H16ClN3O4. The molecule has 0 radical (unpaired) electrons. The van der Waals surface area contributed by atoms with Gasteiger partial charge in [-0.2, -0.15) is 0 Å². The summed E-state index contributed by atoms with van der Waals surface area (Å²) in [5.74, 6) is -0.951. The topological polar surface area (TPSA) is 97.4 Å². The highest BCUT2D eigenvalue weighted by Crippen LogP contribution is 2.10. The summed E-state index contributed by atoms with van der Waals surface area (Å²) in [6, 6.07) is 9.65. The highest BCUT2D eigenvalue weighted by Gasteiger charge is 2.11. The minimum atomic E-state index is -0.620. The molecule has 2 amide bonds. The molecule has 25 heavy (non-hydrogen) atoms. The van der Waals surface area contributed by atoms with E-state index in [1.807, 2.05) is 0 Å². The number of carbonyl (C=O) groups excluding carboxylic acids is 3. The lowest BCUT2D eigenvalue weighted by molar-refractivity contribution is -0.119. The first-order valence-corrected chi connectivity index (χ1v) is 7.74. The Labute approximate surface area is 149 Å². The van der Waals surface area contributed by atoms with E-state index in [1.54, 1.807) is 30.3 Å². The first-order valence-electron chi connectivity index (χ1n) is 7.36. The fourth-order valence-electron chi connectivity index (χ4n) is 1.83. The van der Waals surface area contributed by atoms with Crippen molar-refractivity contribution in [2.45, 2.75) is 13.5 Å². The average Bonchev–Trinajstić information content (AvgIpc) is 2.60. The molecule has 7 nitrogen and oxygen atoms in total. The quantitative estimate of drug-likeness (QED) is 0.768. The van der Waals surface area contributed by atoms with Gasteiger partial charge in [-0.25, -0.2) is 9.78 Å². The van der Waals surface area contributed by atoms with Crippen LogP contribution in [0, 0.1) is 0 Å².